The minimum atomic E-state index is -0.491. The lowest BCUT2D eigenvalue weighted by molar-refractivity contribution is 0.290. The van der Waals surface area contributed by atoms with Crippen LogP contribution in [0.1, 0.15) is 5.56 Å². The summed E-state index contributed by atoms with van der Waals surface area (Å²) < 4.78 is 32.9. The smallest absolute Gasteiger partial charge is 0.165 e. The van der Waals surface area contributed by atoms with Crippen LogP contribution in [-0.4, -0.2) is 9.97 Å². The van der Waals surface area contributed by atoms with E-state index in [0.717, 1.165) is 11.0 Å². The first-order valence-corrected chi connectivity index (χ1v) is 7.81. The fourth-order valence-electron chi connectivity index (χ4n) is 2.64. The molecule has 25 heavy (non-hydrogen) atoms. The summed E-state index contributed by atoms with van der Waals surface area (Å²) in [6.45, 7) is 0.0959. The van der Waals surface area contributed by atoms with E-state index in [1.165, 1.54) is 18.2 Å². The lowest BCUT2D eigenvalue weighted by atomic mass is 10.2. The zero-order valence-corrected chi connectivity index (χ0v) is 13.2. The van der Waals surface area contributed by atoms with Crippen LogP contribution in [-0.2, 0) is 6.61 Å². The first kappa shape index (κ1) is 15.3. The summed E-state index contributed by atoms with van der Waals surface area (Å²) in [6.07, 6.45) is 0. The van der Waals surface area contributed by atoms with Gasteiger partial charge in [0, 0.05) is 5.56 Å². The molecule has 0 radical (unpaired) electrons. The lowest BCUT2D eigenvalue weighted by Crippen LogP contribution is -1.98. The van der Waals surface area contributed by atoms with Gasteiger partial charge in [-0.15, -0.1) is 0 Å². The van der Waals surface area contributed by atoms with E-state index in [1.807, 2.05) is 24.3 Å². The first-order chi connectivity index (χ1) is 12.2. The minimum absolute atomic E-state index is 0.0959. The molecule has 4 rings (SSSR count). The highest BCUT2D eigenvalue weighted by molar-refractivity contribution is 5.79. The summed E-state index contributed by atoms with van der Waals surface area (Å²) >= 11 is 0. The number of aromatic amines is 1. The van der Waals surface area contributed by atoms with Gasteiger partial charge in [-0.25, -0.2) is 13.8 Å². The second-order valence-electron chi connectivity index (χ2n) is 5.67. The number of aromatic nitrogens is 2. The molecule has 4 aromatic rings. The van der Waals surface area contributed by atoms with Crippen molar-refractivity contribution in [2.24, 2.45) is 0 Å². The molecule has 3 aromatic carbocycles. The van der Waals surface area contributed by atoms with Gasteiger partial charge in [0.2, 0.25) is 0 Å². The molecule has 0 unspecified atom stereocenters. The van der Waals surface area contributed by atoms with E-state index in [0.29, 0.717) is 17.0 Å². The molecule has 3 nitrogen and oxygen atoms in total. The van der Waals surface area contributed by atoms with Crippen LogP contribution in [0.2, 0.25) is 0 Å². The predicted molar refractivity (Wildman–Crippen MR) is 92.2 cm³/mol. The predicted octanol–water partition coefficient (Wildman–Crippen LogP) is 5.09. The average Bonchev–Trinajstić information content (AvgIpc) is 3.05. The SMILES string of the molecule is Fc1cccc(COc2ccc(-c3nc4ccccc4[nH]3)cc2F)c1. The number of H-pyrrole nitrogens is 1. The Kier molecular flexibility index (Phi) is 3.90. The molecule has 5 heteroatoms. The molecule has 124 valence electrons. The van der Waals surface area contributed by atoms with Gasteiger partial charge < -0.3 is 9.72 Å². The largest absolute Gasteiger partial charge is 0.486 e. The van der Waals surface area contributed by atoms with Gasteiger partial charge in [-0.05, 0) is 48.0 Å². The second-order valence-corrected chi connectivity index (χ2v) is 5.67. The van der Waals surface area contributed by atoms with E-state index in [-0.39, 0.29) is 18.2 Å². The normalized spacial score (nSPS) is 11.0. The van der Waals surface area contributed by atoms with Gasteiger partial charge >= 0.3 is 0 Å². The lowest BCUT2D eigenvalue weighted by Gasteiger charge is -2.08. The van der Waals surface area contributed by atoms with Crippen molar-refractivity contribution >= 4 is 11.0 Å². The Hall–Kier alpha value is -3.21. The van der Waals surface area contributed by atoms with Crippen LogP contribution in [0, 0.1) is 11.6 Å². The Morgan fingerprint density at radius 3 is 2.60 bits per heavy atom. The summed E-state index contributed by atoms with van der Waals surface area (Å²) in [7, 11) is 0. The number of imidazole rings is 1. The van der Waals surface area contributed by atoms with Crippen LogP contribution in [0.3, 0.4) is 0 Å². The fourth-order valence-corrected chi connectivity index (χ4v) is 2.64. The quantitative estimate of drug-likeness (QED) is 0.564. The molecule has 0 amide bonds. The number of benzene rings is 3. The van der Waals surface area contributed by atoms with Crippen molar-refractivity contribution in [2.45, 2.75) is 6.61 Å². The third kappa shape index (κ3) is 3.21. The van der Waals surface area contributed by atoms with Crippen molar-refractivity contribution in [1.29, 1.82) is 0 Å². The summed E-state index contributed by atoms with van der Waals surface area (Å²) in [5.74, 6) is -0.128. The number of halogens is 2. The van der Waals surface area contributed by atoms with E-state index in [1.54, 1.807) is 24.3 Å². The summed E-state index contributed by atoms with van der Waals surface area (Å²) in [4.78, 5) is 7.61. The number of fused-ring (bicyclic) bond motifs is 1. The number of nitrogens with one attached hydrogen (secondary N) is 1. The molecule has 0 saturated heterocycles. The molecular weight excluding hydrogens is 322 g/mol. The van der Waals surface area contributed by atoms with Gasteiger partial charge in [-0.1, -0.05) is 24.3 Å². The van der Waals surface area contributed by atoms with Crippen LogP contribution in [0.4, 0.5) is 8.78 Å². The number of rotatable bonds is 4. The van der Waals surface area contributed by atoms with Crippen molar-refractivity contribution in [3.05, 3.63) is 83.9 Å². The molecule has 1 aromatic heterocycles. The van der Waals surface area contributed by atoms with Crippen molar-refractivity contribution in [2.75, 3.05) is 0 Å². The van der Waals surface area contributed by atoms with E-state index in [9.17, 15) is 8.78 Å². The minimum Gasteiger partial charge on any atom is -0.486 e. The van der Waals surface area contributed by atoms with Gasteiger partial charge in [-0.3, -0.25) is 0 Å². The first-order valence-electron chi connectivity index (χ1n) is 7.81. The van der Waals surface area contributed by atoms with Crippen LogP contribution < -0.4 is 4.74 Å². The van der Waals surface area contributed by atoms with Gasteiger partial charge in [-0.2, -0.15) is 0 Å². The Bertz CT molecular complexity index is 1010. The monoisotopic (exact) mass is 336 g/mol. The Morgan fingerprint density at radius 2 is 1.80 bits per heavy atom. The maximum absolute atomic E-state index is 14.3. The van der Waals surface area contributed by atoms with Crippen molar-refractivity contribution in [3.8, 4) is 17.1 Å². The third-order valence-electron chi connectivity index (χ3n) is 3.88. The third-order valence-corrected chi connectivity index (χ3v) is 3.88. The van der Waals surface area contributed by atoms with E-state index in [4.69, 9.17) is 4.74 Å². The van der Waals surface area contributed by atoms with Crippen LogP contribution in [0.25, 0.3) is 22.4 Å². The van der Waals surface area contributed by atoms with Gasteiger partial charge in [0.15, 0.2) is 11.6 Å². The molecule has 0 aliphatic heterocycles. The van der Waals surface area contributed by atoms with Gasteiger partial charge in [0.25, 0.3) is 0 Å². The molecule has 0 aliphatic rings. The van der Waals surface area contributed by atoms with Crippen LogP contribution in [0.5, 0.6) is 5.75 Å². The molecule has 0 atom stereocenters. The molecule has 0 bridgehead atoms. The Labute approximate surface area is 142 Å². The maximum Gasteiger partial charge on any atom is 0.165 e. The van der Waals surface area contributed by atoms with Crippen molar-refractivity contribution in [3.63, 3.8) is 0 Å². The zero-order valence-electron chi connectivity index (χ0n) is 13.2. The summed E-state index contributed by atoms with van der Waals surface area (Å²) in [6, 6.07) is 18.3. The summed E-state index contributed by atoms with van der Waals surface area (Å²) in [5.41, 5.74) is 2.99. The van der Waals surface area contributed by atoms with Crippen LogP contribution in [0.15, 0.2) is 66.7 Å². The highest BCUT2D eigenvalue weighted by atomic mass is 19.1. The second kappa shape index (κ2) is 6.36. The molecule has 1 heterocycles. The molecule has 0 aliphatic carbocycles. The maximum atomic E-state index is 14.3. The van der Waals surface area contributed by atoms with Gasteiger partial charge in [0.05, 0.1) is 11.0 Å². The summed E-state index contributed by atoms with van der Waals surface area (Å²) in [5, 5.41) is 0. The topological polar surface area (TPSA) is 37.9 Å². The molecule has 1 N–H and O–H groups in total. The van der Waals surface area contributed by atoms with E-state index >= 15 is 0 Å². The number of para-hydroxylation sites is 2. The number of ether oxygens (including phenoxy) is 1. The molecular formula is C20H14F2N2O. The molecule has 0 saturated carbocycles. The van der Waals surface area contributed by atoms with E-state index < -0.39 is 5.82 Å². The van der Waals surface area contributed by atoms with Gasteiger partial charge in [0.1, 0.15) is 18.2 Å². The molecule has 0 spiro atoms. The number of nitrogens with zero attached hydrogens (tertiary/aromatic N) is 1. The highest BCUT2D eigenvalue weighted by Crippen LogP contribution is 2.26. The Balaban J connectivity index is 1.56. The average molecular weight is 336 g/mol. The number of hydrogen-bond donors (Lipinski definition) is 1. The van der Waals surface area contributed by atoms with Crippen molar-refractivity contribution < 1.29 is 13.5 Å². The highest BCUT2D eigenvalue weighted by Gasteiger charge is 2.10. The standard InChI is InChI=1S/C20H14F2N2O/c21-15-5-3-4-13(10-15)12-25-19-9-8-14(11-16(19)22)20-23-17-6-1-2-7-18(17)24-20/h1-11H,12H2,(H,23,24). The zero-order chi connectivity index (χ0) is 17.2. The Morgan fingerprint density at radius 1 is 0.920 bits per heavy atom. The number of hydrogen-bond acceptors (Lipinski definition) is 2. The van der Waals surface area contributed by atoms with Crippen molar-refractivity contribution in [1.82, 2.24) is 9.97 Å². The van der Waals surface area contributed by atoms with Crippen LogP contribution >= 0.6 is 0 Å². The van der Waals surface area contributed by atoms with E-state index in [2.05, 4.69) is 9.97 Å². The molecule has 0 fully saturated rings. The fraction of sp³-hybridized carbons (Fsp3) is 0.0500.